The summed E-state index contributed by atoms with van der Waals surface area (Å²) in [7, 11) is 0. The molecule has 0 saturated heterocycles. The summed E-state index contributed by atoms with van der Waals surface area (Å²) in [5, 5.41) is 0. The van der Waals surface area contributed by atoms with Crippen LogP contribution in [0.4, 0.5) is 0 Å². The Hall–Kier alpha value is -0.0900. The lowest BCUT2D eigenvalue weighted by Gasteiger charge is -1.77. The van der Waals surface area contributed by atoms with E-state index >= 15 is 0 Å². The quantitative estimate of drug-likeness (QED) is 0.508. The normalized spacial score (nSPS) is 8.80. The van der Waals surface area contributed by atoms with Crippen molar-refractivity contribution in [2.24, 2.45) is 0 Å². The average Bonchev–Trinajstić information content (AvgIpc) is 1.30. The summed E-state index contributed by atoms with van der Waals surface area (Å²) in [6, 6.07) is 0. The average molecular weight is 107 g/mol. The second-order valence-corrected chi connectivity index (χ2v) is 1.91. The molecule has 28 valence electrons. The van der Waals surface area contributed by atoms with Gasteiger partial charge in [-0.3, -0.25) is 0 Å². The highest BCUT2D eigenvalue weighted by atomic mass is 32.2. The molecule has 0 fully saturated rings. The Labute approximate surface area is 37.5 Å². The number of aromatic nitrogens is 1. The van der Waals surface area contributed by atoms with Gasteiger partial charge >= 0.3 is 0 Å². The van der Waals surface area contributed by atoms with E-state index in [0.29, 0.717) is 4.02 Å². The fraction of sp³-hybridized carbons (Fsp3) is 0. The zero-order valence-electron chi connectivity index (χ0n) is 2.22. The van der Waals surface area contributed by atoms with Gasteiger partial charge in [-0.2, -0.15) is 4.55 Å². The van der Waals surface area contributed by atoms with Crippen molar-refractivity contribution in [2.45, 2.75) is 0 Å². The van der Waals surface area contributed by atoms with Crippen LogP contribution in [-0.4, -0.2) is 4.55 Å². The number of nitrogens with one attached hydrogen (secondary N) is 1. The van der Waals surface area contributed by atoms with Crippen LogP contribution < -0.4 is 0 Å². The molecular formula is CHNOS2. The van der Waals surface area contributed by atoms with Crippen LogP contribution in [0.5, 0.6) is 0 Å². The Morgan fingerprint density at radius 1 is 2.00 bits per heavy atom. The van der Waals surface area contributed by atoms with Crippen molar-refractivity contribution in [1.29, 1.82) is 0 Å². The first kappa shape index (κ1) is 3.11. The number of H-pyrrole nitrogens is 1. The minimum Gasteiger partial charge on any atom is -0.348 e. The van der Waals surface area contributed by atoms with Crippen LogP contribution in [-0.2, 0) is 0 Å². The maximum atomic E-state index is 4.46. The molecule has 5 heavy (non-hydrogen) atoms. The number of hydrogen-bond donors (Lipinski definition) is 1. The minimum absolute atomic E-state index is 0.574. The van der Waals surface area contributed by atoms with E-state index in [-0.39, 0.29) is 0 Å². The van der Waals surface area contributed by atoms with Crippen molar-refractivity contribution in [1.82, 2.24) is 4.55 Å². The predicted molar refractivity (Wildman–Crippen MR) is 21.8 cm³/mol. The molecule has 0 aliphatic heterocycles. The Morgan fingerprint density at radius 2 is 2.40 bits per heavy atom. The lowest BCUT2D eigenvalue weighted by molar-refractivity contribution is 0.403. The second-order valence-electron chi connectivity index (χ2n) is 0.537. The van der Waals surface area contributed by atoms with Crippen molar-refractivity contribution in [3.05, 3.63) is 4.02 Å². The van der Waals surface area contributed by atoms with E-state index in [9.17, 15) is 0 Å². The summed E-state index contributed by atoms with van der Waals surface area (Å²) in [5.41, 5.74) is 0. The van der Waals surface area contributed by atoms with E-state index in [4.69, 9.17) is 0 Å². The fourth-order valence-electron chi connectivity index (χ4n) is 0.0757. The third-order valence-corrected chi connectivity index (χ3v) is 1.00. The third-order valence-electron chi connectivity index (χ3n) is 0.250. The molecule has 0 saturated carbocycles. The topological polar surface area (TPSA) is 28.9 Å². The summed E-state index contributed by atoms with van der Waals surface area (Å²) in [6.07, 6.45) is 0. The van der Waals surface area contributed by atoms with Gasteiger partial charge < -0.3 is 4.52 Å². The molecule has 4 heteroatoms. The Morgan fingerprint density at radius 3 is 2.40 bits per heavy atom. The maximum absolute atomic E-state index is 4.46. The number of hydrogen-bond acceptors (Lipinski definition) is 3. The highest BCUT2D eigenvalue weighted by Gasteiger charge is 1.73. The molecule has 1 aromatic heterocycles. The molecule has 0 aliphatic carbocycles. The fourth-order valence-corrected chi connectivity index (χ4v) is 0.431. The van der Waals surface area contributed by atoms with E-state index in [2.05, 4.69) is 21.3 Å². The molecular weight excluding hydrogens is 106 g/mol. The first-order chi connectivity index (χ1) is 2.39. The summed E-state index contributed by atoms with van der Waals surface area (Å²) in [4.78, 5) is 0. The maximum Gasteiger partial charge on any atom is 0.292 e. The minimum atomic E-state index is 0.574. The lowest BCUT2D eigenvalue weighted by atomic mass is 11.8. The molecule has 0 aromatic carbocycles. The molecule has 0 bridgehead atoms. The van der Waals surface area contributed by atoms with Gasteiger partial charge in [0, 0.05) is 11.5 Å². The van der Waals surface area contributed by atoms with Crippen molar-refractivity contribution < 1.29 is 4.52 Å². The van der Waals surface area contributed by atoms with Crippen molar-refractivity contribution in [3.8, 4) is 0 Å². The predicted octanol–water partition coefficient (Wildman–Crippen LogP) is 1.40. The van der Waals surface area contributed by atoms with Gasteiger partial charge in [0.05, 0.1) is 0 Å². The van der Waals surface area contributed by atoms with E-state index in [1.165, 1.54) is 11.5 Å². The summed E-state index contributed by atoms with van der Waals surface area (Å²) < 4.78 is 7.39. The monoisotopic (exact) mass is 107 g/mol. The smallest absolute Gasteiger partial charge is 0.292 e. The number of rotatable bonds is 0. The van der Waals surface area contributed by atoms with E-state index in [1.54, 1.807) is 0 Å². The molecule has 1 aromatic rings. The molecule has 0 aliphatic rings. The van der Waals surface area contributed by atoms with Gasteiger partial charge in [0.15, 0.2) is 0 Å². The van der Waals surface area contributed by atoms with Gasteiger partial charge in [-0.25, -0.2) is 0 Å². The van der Waals surface area contributed by atoms with Gasteiger partial charge in [0.1, 0.15) is 0 Å². The van der Waals surface area contributed by atoms with Crippen molar-refractivity contribution in [2.75, 3.05) is 0 Å². The van der Waals surface area contributed by atoms with E-state index < -0.39 is 0 Å². The molecule has 1 heterocycles. The Balaban J connectivity index is 3.29. The largest absolute Gasteiger partial charge is 0.348 e. The van der Waals surface area contributed by atoms with Crippen LogP contribution in [0.1, 0.15) is 0 Å². The molecule has 0 spiro atoms. The molecule has 1 rings (SSSR count). The van der Waals surface area contributed by atoms with Crippen LogP contribution in [0.2, 0.25) is 0 Å². The van der Waals surface area contributed by atoms with Crippen LogP contribution in [0, 0.1) is 4.02 Å². The molecule has 1 N–H and O–H groups in total. The van der Waals surface area contributed by atoms with E-state index in [0.717, 1.165) is 0 Å². The Bertz CT molecular complexity index is 124. The van der Waals surface area contributed by atoms with Gasteiger partial charge in [-0.15, -0.1) is 0 Å². The first-order valence-corrected chi connectivity index (χ1v) is 2.25. The van der Waals surface area contributed by atoms with E-state index in [1.807, 2.05) is 0 Å². The van der Waals surface area contributed by atoms with Gasteiger partial charge in [0.25, 0.3) is 4.02 Å². The van der Waals surface area contributed by atoms with Crippen molar-refractivity contribution >= 4 is 23.8 Å². The molecule has 0 radical (unpaired) electrons. The van der Waals surface area contributed by atoms with Crippen LogP contribution >= 0.6 is 23.8 Å². The third kappa shape index (κ3) is 0.408. The number of aromatic amines is 1. The van der Waals surface area contributed by atoms with Crippen LogP contribution in [0.15, 0.2) is 4.52 Å². The van der Waals surface area contributed by atoms with Crippen LogP contribution in [0.3, 0.4) is 0 Å². The van der Waals surface area contributed by atoms with Gasteiger partial charge in [-0.1, -0.05) is 0 Å². The highest BCUT2D eigenvalue weighted by Crippen LogP contribution is 1.93. The lowest BCUT2D eigenvalue weighted by Crippen LogP contribution is -1.60. The summed E-state index contributed by atoms with van der Waals surface area (Å²) in [5.74, 6) is 0. The molecule has 0 amide bonds. The Kier molecular flexibility index (Phi) is 0.590. The van der Waals surface area contributed by atoms with Gasteiger partial charge in [0.2, 0.25) is 0 Å². The highest BCUT2D eigenvalue weighted by molar-refractivity contribution is 7.73. The standard InChI is InChI=1S/CHNOS2/c4-1-3-2-5-1/h2H. The SMILES string of the molecule is S=c1o[nH]s1. The van der Waals surface area contributed by atoms with Gasteiger partial charge in [-0.05, 0) is 12.2 Å². The molecule has 2 nitrogen and oxygen atoms in total. The molecule has 0 unspecified atom stereocenters. The summed E-state index contributed by atoms with van der Waals surface area (Å²) in [6.45, 7) is 0. The van der Waals surface area contributed by atoms with Crippen LogP contribution in [0.25, 0.3) is 0 Å². The van der Waals surface area contributed by atoms with Crippen molar-refractivity contribution in [3.63, 3.8) is 0 Å². The zero-order valence-corrected chi connectivity index (χ0v) is 3.86. The zero-order chi connectivity index (χ0) is 3.70. The molecule has 0 atom stereocenters. The summed E-state index contributed by atoms with van der Waals surface area (Å²) >= 11 is 5.78. The second kappa shape index (κ2) is 0.948. The first-order valence-electron chi connectivity index (χ1n) is 1.02.